The van der Waals surface area contributed by atoms with Crippen LogP contribution in [0, 0.1) is 0 Å². The Labute approximate surface area is 170 Å². The number of hydrogen-bond donors (Lipinski definition) is 0. The largest absolute Gasteiger partial charge is 0.497 e. The maximum atomic E-state index is 12.9. The van der Waals surface area contributed by atoms with Crippen LogP contribution >= 0.6 is 0 Å². The van der Waals surface area contributed by atoms with Gasteiger partial charge in [0, 0.05) is 38.8 Å². The fourth-order valence-electron chi connectivity index (χ4n) is 3.86. The molecular formula is C21H26N4O4. The van der Waals surface area contributed by atoms with Crippen molar-refractivity contribution in [3.63, 3.8) is 0 Å². The van der Waals surface area contributed by atoms with E-state index >= 15 is 0 Å². The second-order valence-corrected chi connectivity index (χ2v) is 7.33. The minimum atomic E-state index is -0.0807. The zero-order valence-corrected chi connectivity index (χ0v) is 16.7. The third kappa shape index (κ3) is 4.21. The van der Waals surface area contributed by atoms with Crippen molar-refractivity contribution in [2.45, 2.75) is 25.8 Å². The fourth-order valence-corrected chi connectivity index (χ4v) is 3.86. The Morgan fingerprint density at radius 3 is 2.59 bits per heavy atom. The van der Waals surface area contributed by atoms with Crippen LogP contribution in [0.25, 0.3) is 0 Å². The first-order chi connectivity index (χ1) is 14.2. The summed E-state index contributed by atoms with van der Waals surface area (Å²) in [6, 6.07) is 7.18. The molecular weight excluding hydrogens is 372 g/mol. The molecule has 2 aromatic rings. The highest BCUT2D eigenvalue weighted by molar-refractivity contribution is 5.95. The molecule has 1 saturated heterocycles. The minimum absolute atomic E-state index is 0.0212. The monoisotopic (exact) mass is 398 g/mol. The zero-order valence-electron chi connectivity index (χ0n) is 16.7. The van der Waals surface area contributed by atoms with Crippen molar-refractivity contribution in [3.8, 4) is 11.5 Å². The van der Waals surface area contributed by atoms with Crippen LogP contribution in [0.3, 0.4) is 0 Å². The molecule has 0 saturated carbocycles. The average Bonchev–Trinajstić information content (AvgIpc) is 3.21. The molecule has 1 fully saturated rings. The Hall–Kier alpha value is -3.03. The summed E-state index contributed by atoms with van der Waals surface area (Å²) in [5.41, 5.74) is 1.76. The van der Waals surface area contributed by atoms with Gasteiger partial charge < -0.3 is 19.3 Å². The van der Waals surface area contributed by atoms with Gasteiger partial charge in [-0.15, -0.1) is 0 Å². The van der Waals surface area contributed by atoms with Gasteiger partial charge in [-0.1, -0.05) is 6.07 Å². The highest BCUT2D eigenvalue weighted by atomic mass is 16.5. The van der Waals surface area contributed by atoms with E-state index in [1.165, 1.54) is 0 Å². The summed E-state index contributed by atoms with van der Waals surface area (Å²) in [6.45, 7) is 2.92. The number of hydrogen-bond acceptors (Lipinski definition) is 5. The van der Waals surface area contributed by atoms with Crippen molar-refractivity contribution in [1.82, 2.24) is 19.6 Å². The van der Waals surface area contributed by atoms with Crippen molar-refractivity contribution in [2.24, 2.45) is 0 Å². The summed E-state index contributed by atoms with van der Waals surface area (Å²) in [5.74, 6) is 1.22. The van der Waals surface area contributed by atoms with Crippen molar-refractivity contribution in [3.05, 3.63) is 41.7 Å². The molecule has 3 heterocycles. The molecule has 0 bridgehead atoms. The Morgan fingerprint density at radius 2 is 1.79 bits per heavy atom. The van der Waals surface area contributed by atoms with Crippen LogP contribution in [-0.4, -0.2) is 71.3 Å². The second-order valence-electron chi connectivity index (χ2n) is 7.33. The summed E-state index contributed by atoms with van der Waals surface area (Å²) < 4.78 is 12.7. The van der Waals surface area contributed by atoms with Crippen molar-refractivity contribution < 1.29 is 19.1 Å². The number of aromatic nitrogens is 2. The molecule has 0 radical (unpaired) electrons. The van der Waals surface area contributed by atoms with Gasteiger partial charge in [0.1, 0.15) is 11.5 Å². The number of ether oxygens (including phenoxy) is 2. The number of fused-ring (bicyclic) bond motifs is 1. The van der Waals surface area contributed by atoms with E-state index in [9.17, 15) is 9.59 Å². The van der Waals surface area contributed by atoms with E-state index < -0.39 is 0 Å². The lowest BCUT2D eigenvalue weighted by molar-refractivity contribution is -0.134. The van der Waals surface area contributed by atoms with E-state index in [0.717, 1.165) is 31.5 Å². The summed E-state index contributed by atoms with van der Waals surface area (Å²) >= 11 is 0. The number of nitrogens with zero attached hydrogens (tertiary/aromatic N) is 4. The van der Waals surface area contributed by atoms with Gasteiger partial charge in [0.05, 0.1) is 24.6 Å². The van der Waals surface area contributed by atoms with Crippen LogP contribution < -0.4 is 9.47 Å². The Bertz CT molecular complexity index is 887. The number of piperazine rings is 1. The Kier molecular flexibility index (Phi) is 5.69. The van der Waals surface area contributed by atoms with E-state index in [4.69, 9.17) is 9.47 Å². The highest BCUT2D eigenvalue weighted by Crippen LogP contribution is 2.21. The molecule has 0 spiro atoms. The fraction of sp³-hybridized carbons (Fsp3) is 0.476. The maximum Gasteiger partial charge on any atom is 0.260 e. The van der Waals surface area contributed by atoms with E-state index in [-0.39, 0.29) is 18.4 Å². The maximum absolute atomic E-state index is 12.9. The summed E-state index contributed by atoms with van der Waals surface area (Å²) in [5, 5.41) is 4.36. The van der Waals surface area contributed by atoms with Crippen LogP contribution in [0.5, 0.6) is 11.5 Å². The molecule has 2 aliphatic heterocycles. The third-order valence-electron chi connectivity index (χ3n) is 5.54. The van der Waals surface area contributed by atoms with Gasteiger partial charge in [-0.25, -0.2) is 0 Å². The molecule has 2 amide bonds. The standard InChI is InChI=1S/C21H26N4O4/c1-28-16-5-4-6-17(13-16)29-15-20(26)23-9-11-24(12-10-23)21(27)18-14-22-25-8-3-2-7-19(18)25/h4-6,13-14H,2-3,7-12,15H2,1H3. The summed E-state index contributed by atoms with van der Waals surface area (Å²) in [7, 11) is 1.59. The van der Waals surface area contributed by atoms with Crippen LogP contribution in [0.1, 0.15) is 28.9 Å². The molecule has 0 aliphatic carbocycles. The van der Waals surface area contributed by atoms with Crippen LogP contribution in [-0.2, 0) is 17.8 Å². The number of amides is 2. The van der Waals surface area contributed by atoms with Crippen molar-refractivity contribution in [2.75, 3.05) is 39.9 Å². The first-order valence-corrected chi connectivity index (χ1v) is 10.0. The smallest absolute Gasteiger partial charge is 0.260 e. The third-order valence-corrected chi connectivity index (χ3v) is 5.54. The molecule has 1 aromatic heterocycles. The SMILES string of the molecule is COc1cccc(OCC(=O)N2CCN(C(=O)c3cnn4c3CCCC4)CC2)c1. The first-order valence-electron chi connectivity index (χ1n) is 10.0. The molecule has 154 valence electrons. The van der Waals surface area contributed by atoms with Crippen molar-refractivity contribution >= 4 is 11.8 Å². The number of rotatable bonds is 5. The zero-order chi connectivity index (χ0) is 20.2. The topological polar surface area (TPSA) is 76.9 Å². The van der Waals surface area contributed by atoms with Crippen LogP contribution in [0.4, 0.5) is 0 Å². The lowest BCUT2D eigenvalue weighted by atomic mass is 10.1. The molecule has 4 rings (SSSR count). The number of carbonyl (C=O) groups is 2. The molecule has 0 N–H and O–H groups in total. The van der Waals surface area contributed by atoms with Crippen LogP contribution in [0.15, 0.2) is 30.5 Å². The van der Waals surface area contributed by atoms with E-state index in [1.54, 1.807) is 30.3 Å². The van der Waals surface area contributed by atoms with Gasteiger partial charge in [0.2, 0.25) is 0 Å². The van der Waals surface area contributed by atoms with E-state index in [1.807, 2.05) is 21.7 Å². The number of carbonyl (C=O) groups excluding carboxylic acids is 2. The molecule has 0 unspecified atom stereocenters. The summed E-state index contributed by atoms with van der Waals surface area (Å²) in [6.07, 6.45) is 4.81. The average molecular weight is 398 g/mol. The molecule has 8 heteroatoms. The molecule has 2 aliphatic rings. The van der Waals surface area contributed by atoms with Gasteiger partial charge in [0.15, 0.2) is 6.61 Å². The summed E-state index contributed by atoms with van der Waals surface area (Å²) in [4.78, 5) is 29.0. The Balaban J connectivity index is 1.29. The van der Waals surface area contributed by atoms with Gasteiger partial charge >= 0.3 is 0 Å². The molecule has 29 heavy (non-hydrogen) atoms. The first kappa shape index (κ1) is 19.3. The highest BCUT2D eigenvalue weighted by Gasteiger charge is 2.28. The lowest BCUT2D eigenvalue weighted by Gasteiger charge is -2.34. The predicted molar refractivity (Wildman–Crippen MR) is 106 cm³/mol. The normalized spacial score (nSPS) is 16.3. The number of benzene rings is 1. The van der Waals surface area contributed by atoms with Gasteiger partial charge in [-0.05, 0) is 31.4 Å². The molecule has 0 atom stereocenters. The minimum Gasteiger partial charge on any atom is -0.497 e. The van der Waals surface area contributed by atoms with Gasteiger partial charge in [0.25, 0.3) is 11.8 Å². The number of methoxy groups -OCH3 is 1. The lowest BCUT2D eigenvalue weighted by Crippen LogP contribution is -2.51. The van der Waals surface area contributed by atoms with Gasteiger partial charge in [-0.2, -0.15) is 5.10 Å². The predicted octanol–water partition coefficient (Wildman–Crippen LogP) is 1.59. The number of aryl methyl sites for hydroxylation is 1. The van der Waals surface area contributed by atoms with E-state index in [2.05, 4.69) is 5.10 Å². The molecule has 8 nitrogen and oxygen atoms in total. The Morgan fingerprint density at radius 1 is 1.03 bits per heavy atom. The molecule has 1 aromatic carbocycles. The van der Waals surface area contributed by atoms with Gasteiger partial charge in [-0.3, -0.25) is 14.3 Å². The van der Waals surface area contributed by atoms with E-state index in [0.29, 0.717) is 43.2 Å². The van der Waals surface area contributed by atoms with Crippen molar-refractivity contribution in [1.29, 1.82) is 0 Å². The quantitative estimate of drug-likeness (QED) is 0.765. The second kappa shape index (κ2) is 8.55. The van der Waals surface area contributed by atoms with Crippen LogP contribution in [0.2, 0.25) is 0 Å².